The smallest absolute Gasteiger partial charge is 0.235 e. The van der Waals surface area contributed by atoms with Gasteiger partial charge in [-0.15, -0.1) is 10.2 Å². The molecular weight excluding hydrogens is 410 g/mol. The molecule has 1 N–H and O–H groups in total. The van der Waals surface area contributed by atoms with Crippen LogP contribution < -0.4 is 10.2 Å². The van der Waals surface area contributed by atoms with Crippen molar-refractivity contribution in [3.05, 3.63) is 36.5 Å². The van der Waals surface area contributed by atoms with E-state index in [0.717, 1.165) is 36.2 Å². The van der Waals surface area contributed by atoms with Crippen LogP contribution in [-0.2, 0) is 11.3 Å². The fraction of sp³-hybridized carbons (Fsp3) is 0.455. The fourth-order valence-electron chi connectivity index (χ4n) is 3.44. The van der Waals surface area contributed by atoms with Crippen LogP contribution in [0.25, 0.3) is 11.4 Å². The van der Waals surface area contributed by atoms with E-state index in [1.165, 1.54) is 17.4 Å². The van der Waals surface area contributed by atoms with Crippen LogP contribution in [0.15, 0.2) is 41.7 Å². The number of nitrogens with one attached hydrogen (secondary N) is 1. The maximum atomic E-state index is 12.5. The zero-order valence-electron chi connectivity index (χ0n) is 18.9. The molecule has 0 radical (unpaired) electrons. The second-order valence-corrected chi connectivity index (χ2v) is 8.30. The van der Waals surface area contributed by atoms with Crippen molar-refractivity contribution in [2.75, 3.05) is 29.1 Å². The molecule has 0 atom stereocenters. The highest BCUT2D eigenvalue weighted by Gasteiger charge is 2.16. The van der Waals surface area contributed by atoms with Crippen LogP contribution in [-0.4, -0.2) is 49.3 Å². The molecule has 0 spiro atoms. The third kappa shape index (κ3) is 5.28. The van der Waals surface area contributed by atoms with Crippen LogP contribution in [0.5, 0.6) is 0 Å². The second-order valence-electron chi connectivity index (χ2n) is 7.36. The minimum absolute atomic E-state index is 0.0943. The molecule has 0 saturated carbocycles. The lowest BCUT2D eigenvalue weighted by atomic mass is 10.2. The first kappa shape index (κ1) is 22.9. The molecule has 3 rings (SSSR count). The standard InChI is InChI=1S/C22H31N7OS/c1-6-27(7-2)18-11-9-17(10-12-18)21-25-26-22(28(21)8-3)31-15-20(30)24-19-13-14-23-29(19)16(4)5/h9-14,16H,6-8,15H2,1-5H3,(H,24,30). The summed E-state index contributed by atoms with van der Waals surface area (Å²) in [5, 5.41) is 16.6. The normalized spacial score (nSPS) is 11.2. The number of hydrogen-bond donors (Lipinski definition) is 1. The molecule has 166 valence electrons. The predicted octanol–water partition coefficient (Wildman–Crippen LogP) is 4.32. The van der Waals surface area contributed by atoms with Crippen LogP contribution in [0, 0.1) is 0 Å². The lowest BCUT2D eigenvalue weighted by molar-refractivity contribution is -0.113. The molecule has 0 aliphatic heterocycles. The van der Waals surface area contributed by atoms with Crippen LogP contribution >= 0.6 is 11.8 Å². The van der Waals surface area contributed by atoms with Crippen molar-refractivity contribution in [3.63, 3.8) is 0 Å². The SMILES string of the molecule is CCN(CC)c1ccc(-c2nnc(SCC(=O)Nc3ccnn3C(C)C)n2CC)cc1. The monoisotopic (exact) mass is 441 g/mol. The van der Waals surface area contributed by atoms with Gasteiger partial charge in [-0.2, -0.15) is 5.10 Å². The average Bonchev–Trinajstić information content (AvgIpc) is 3.40. The Morgan fingerprint density at radius 1 is 1.10 bits per heavy atom. The Morgan fingerprint density at radius 3 is 2.42 bits per heavy atom. The highest BCUT2D eigenvalue weighted by atomic mass is 32.2. The molecule has 0 bridgehead atoms. The van der Waals surface area contributed by atoms with E-state index in [9.17, 15) is 4.79 Å². The highest BCUT2D eigenvalue weighted by molar-refractivity contribution is 7.99. The summed E-state index contributed by atoms with van der Waals surface area (Å²) in [4.78, 5) is 14.8. The molecule has 0 saturated heterocycles. The fourth-order valence-corrected chi connectivity index (χ4v) is 4.24. The van der Waals surface area contributed by atoms with Gasteiger partial charge in [0.2, 0.25) is 5.91 Å². The summed E-state index contributed by atoms with van der Waals surface area (Å²) in [6.07, 6.45) is 1.69. The van der Waals surface area contributed by atoms with Gasteiger partial charge in [0.05, 0.1) is 11.9 Å². The number of amides is 1. The van der Waals surface area contributed by atoms with Crippen LogP contribution in [0.1, 0.15) is 40.7 Å². The van der Waals surface area contributed by atoms with E-state index in [1.807, 2.05) is 18.4 Å². The molecule has 0 aliphatic carbocycles. The summed E-state index contributed by atoms with van der Waals surface area (Å²) >= 11 is 1.39. The Balaban J connectivity index is 1.68. The first-order valence-electron chi connectivity index (χ1n) is 10.7. The zero-order valence-corrected chi connectivity index (χ0v) is 19.7. The Morgan fingerprint density at radius 2 is 1.81 bits per heavy atom. The highest BCUT2D eigenvalue weighted by Crippen LogP contribution is 2.26. The molecule has 3 aromatic rings. The van der Waals surface area contributed by atoms with Crippen molar-refractivity contribution in [2.45, 2.75) is 52.4 Å². The summed E-state index contributed by atoms with van der Waals surface area (Å²) < 4.78 is 3.83. The Kier molecular flexibility index (Phi) is 7.73. The largest absolute Gasteiger partial charge is 0.372 e. The maximum Gasteiger partial charge on any atom is 0.235 e. The van der Waals surface area contributed by atoms with Gasteiger partial charge in [-0.3, -0.25) is 4.79 Å². The summed E-state index contributed by atoms with van der Waals surface area (Å²) in [5.41, 5.74) is 2.21. The number of carbonyl (C=O) groups is 1. The van der Waals surface area contributed by atoms with Gasteiger partial charge in [-0.25, -0.2) is 4.68 Å². The minimum atomic E-state index is -0.0943. The number of benzene rings is 1. The number of hydrogen-bond acceptors (Lipinski definition) is 6. The molecule has 0 aliphatic rings. The first-order chi connectivity index (χ1) is 15.0. The van der Waals surface area contributed by atoms with Gasteiger partial charge in [-0.05, 0) is 58.9 Å². The van der Waals surface area contributed by atoms with Gasteiger partial charge in [0.1, 0.15) is 5.82 Å². The first-order valence-corrected chi connectivity index (χ1v) is 11.7. The maximum absolute atomic E-state index is 12.5. The summed E-state index contributed by atoms with van der Waals surface area (Å²) in [5.74, 6) is 1.67. The number of thioether (sulfide) groups is 1. The van der Waals surface area contributed by atoms with Gasteiger partial charge in [0.25, 0.3) is 0 Å². The second kappa shape index (κ2) is 10.5. The van der Waals surface area contributed by atoms with Crippen LogP contribution in [0.2, 0.25) is 0 Å². The number of aromatic nitrogens is 5. The molecule has 1 aromatic carbocycles. The molecule has 31 heavy (non-hydrogen) atoms. The van der Waals surface area contributed by atoms with Gasteiger partial charge < -0.3 is 14.8 Å². The molecule has 0 unspecified atom stereocenters. The molecule has 2 aromatic heterocycles. The molecule has 0 fully saturated rings. The van der Waals surface area contributed by atoms with Crippen molar-refractivity contribution in [3.8, 4) is 11.4 Å². The van der Waals surface area contributed by atoms with Gasteiger partial charge >= 0.3 is 0 Å². The van der Waals surface area contributed by atoms with Crippen LogP contribution in [0.3, 0.4) is 0 Å². The topological polar surface area (TPSA) is 80.9 Å². The molecule has 8 nitrogen and oxygen atoms in total. The van der Waals surface area contributed by atoms with E-state index < -0.39 is 0 Å². The van der Waals surface area contributed by atoms with Gasteiger partial charge in [-0.1, -0.05) is 11.8 Å². The molecule has 9 heteroatoms. The van der Waals surface area contributed by atoms with Crippen molar-refractivity contribution in [2.24, 2.45) is 0 Å². The number of carbonyl (C=O) groups excluding carboxylic acids is 1. The molecular formula is C22H31N7OS. The van der Waals surface area contributed by atoms with E-state index in [0.29, 0.717) is 5.82 Å². The average molecular weight is 442 g/mol. The van der Waals surface area contributed by atoms with E-state index in [1.54, 1.807) is 16.9 Å². The van der Waals surface area contributed by atoms with E-state index in [-0.39, 0.29) is 17.7 Å². The number of nitrogens with zero attached hydrogens (tertiary/aromatic N) is 6. The lowest BCUT2D eigenvalue weighted by Gasteiger charge is -2.21. The van der Waals surface area contributed by atoms with E-state index >= 15 is 0 Å². The lowest BCUT2D eigenvalue weighted by Crippen LogP contribution is -2.21. The van der Waals surface area contributed by atoms with Gasteiger partial charge in [0.15, 0.2) is 11.0 Å². The third-order valence-corrected chi connectivity index (χ3v) is 6.01. The quantitative estimate of drug-likeness (QED) is 0.472. The van der Waals surface area contributed by atoms with Gasteiger partial charge in [0, 0.05) is 43.0 Å². The van der Waals surface area contributed by atoms with Crippen molar-refractivity contribution in [1.29, 1.82) is 0 Å². The van der Waals surface area contributed by atoms with Crippen molar-refractivity contribution >= 4 is 29.2 Å². The molecule has 1 amide bonds. The minimum Gasteiger partial charge on any atom is -0.372 e. The number of rotatable bonds is 10. The summed E-state index contributed by atoms with van der Waals surface area (Å²) in [6.45, 7) is 13.1. The Hall–Kier alpha value is -2.81. The number of anilines is 2. The van der Waals surface area contributed by atoms with Crippen molar-refractivity contribution in [1.82, 2.24) is 24.5 Å². The summed E-state index contributed by atoms with van der Waals surface area (Å²) in [7, 11) is 0. The Bertz CT molecular complexity index is 990. The van der Waals surface area contributed by atoms with E-state index in [4.69, 9.17) is 0 Å². The van der Waals surface area contributed by atoms with Crippen molar-refractivity contribution < 1.29 is 4.79 Å². The van der Waals surface area contributed by atoms with E-state index in [2.05, 4.69) is 70.5 Å². The zero-order chi connectivity index (χ0) is 22.4. The molecule has 2 heterocycles. The van der Waals surface area contributed by atoms with Crippen LogP contribution in [0.4, 0.5) is 11.5 Å². The Labute approximate surface area is 188 Å². The summed E-state index contributed by atoms with van der Waals surface area (Å²) in [6, 6.07) is 10.4. The predicted molar refractivity (Wildman–Crippen MR) is 127 cm³/mol. The third-order valence-electron chi connectivity index (χ3n) is 5.05.